The van der Waals surface area contributed by atoms with Crippen LogP contribution in [0.5, 0.6) is 0 Å². The topological polar surface area (TPSA) is 73.1 Å². The van der Waals surface area contributed by atoms with Crippen LogP contribution in [0, 0.1) is 10.1 Å². The molecule has 0 fully saturated rings. The Kier molecular flexibility index (Phi) is 3.84. The molecule has 1 heterocycles. The lowest BCUT2D eigenvalue weighted by Crippen LogP contribution is -1.96. The summed E-state index contributed by atoms with van der Waals surface area (Å²) in [5.41, 5.74) is 0.992. The summed E-state index contributed by atoms with van der Waals surface area (Å²) < 4.78 is 0. The van der Waals surface area contributed by atoms with E-state index in [0.29, 0.717) is 5.03 Å². The van der Waals surface area contributed by atoms with Crippen LogP contribution in [0.25, 0.3) is 10.9 Å². The van der Waals surface area contributed by atoms with Crippen molar-refractivity contribution in [1.82, 2.24) is 4.98 Å². The summed E-state index contributed by atoms with van der Waals surface area (Å²) in [7, 11) is 0. The van der Waals surface area contributed by atoms with Gasteiger partial charge in [0.15, 0.2) is 0 Å². The lowest BCUT2D eigenvalue weighted by atomic mass is 10.2. The molecule has 22 heavy (non-hydrogen) atoms. The maximum Gasteiger partial charge on any atom is 0.270 e. The van der Waals surface area contributed by atoms with Crippen molar-refractivity contribution in [1.29, 1.82) is 0 Å². The second-order valence-corrected chi connectivity index (χ2v) is 5.53. The molecule has 2 aromatic carbocycles. The summed E-state index contributed by atoms with van der Waals surface area (Å²) in [5, 5.41) is 12.0. The van der Waals surface area contributed by atoms with Crippen LogP contribution in [0.4, 0.5) is 5.69 Å². The number of nitro groups is 1. The van der Waals surface area contributed by atoms with E-state index < -0.39 is 4.92 Å². The molecule has 5 nitrogen and oxygen atoms in total. The molecule has 0 spiro atoms. The number of nitrogens with zero attached hydrogens (tertiary/aromatic N) is 2. The summed E-state index contributed by atoms with van der Waals surface area (Å²) in [5.74, 6) is 0. The minimum Gasteiger partial charge on any atom is -0.281 e. The molecule has 0 saturated heterocycles. The van der Waals surface area contributed by atoms with Crippen LogP contribution in [-0.2, 0) is 0 Å². The highest BCUT2D eigenvalue weighted by atomic mass is 32.2. The molecule has 3 rings (SSSR count). The predicted octanol–water partition coefficient (Wildman–Crippen LogP) is 4.08. The van der Waals surface area contributed by atoms with Crippen molar-refractivity contribution < 1.29 is 9.72 Å². The van der Waals surface area contributed by atoms with E-state index in [9.17, 15) is 14.9 Å². The normalized spacial score (nSPS) is 10.5. The van der Waals surface area contributed by atoms with E-state index in [1.807, 2.05) is 30.3 Å². The fourth-order valence-electron chi connectivity index (χ4n) is 2.00. The number of aromatic nitrogens is 1. The number of non-ortho nitro benzene ring substituents is 1. The standard InChI is InChI=1S/C16H10N2O3S/c19-16(12-5-3-6-13(10-12)18(20)21)22-15-9-8-11-4-1-2-7-14(11)17-15/h1-10H. The predicted molar refractivity (Wildman–Crippen MR) is 85.0 cm³/mol. The molecule has 0 aliphatic heterocycles. The molecule has 0 N–H and O–H groups in total. The molecular formula is C16H10N2O3S. The maximum absolute atomic E-state index is 12.2. The number of nitro benzene ring substituents is 1. The molecule has 0 aliphatic carbocycles. The summed E-state index contributed by atoms with van der Waals surface area (Å²) in [4.78, 5) is 26.9. The number of rotatable bonds is 3. The zero-order valence-corrected chi connectivity index (χ0v) is 12.1. The van der Waals surface area contributed by atoms with Gasteiger partial charge < -0.3 is 0 Å². The van der Waals surface area contributed by atoms with E-state index in [4.69, 9.17) is 0 Å². The van der Waals surface area contributed by atoms with Crippen LogP contribution >= 0.6 is 11.8 Å². The smallest absolute Gasteiger partial charge is 0.270 e. The van der Waals surface area contributed by atoms with Crippen LogP contribution in [-0.4, -0.2) is 15.0 Å². The van der Waals surface area contributed by atoms with E-state index in [2.05, 4.69) is 4.98 Å². The largest absolute Gasteiger partial charge is 0.281 e. The molecule has 0 radical (unpaired) electrons. The average Bonchev–Trinajstić information content (AvgIpc) is 2.55. The Morgan fingerprint density at radius 1 is 1.05 bits per heavy atom. The number of hydrogen-bond acceptors (Lipinski definition) is 5. The maximum atomic E-state index is 12.2. The number of pyridine rings is 1. The zero-order valence-electron chi connectivity index (χ0n) is 11.3. The first-order valence-corrected chi connectivity index (χ1v) is 7.27. The molecule has 108 valence electrons. The highest BCUT2D eigenvalue weighted by Crippen LogP contribution is 2.25. The Balaban J connectivity index is 1.86. The number of carbonyl (C=O) groups is 1. The number of hydrogen-bond donors (Lipinski definition) is 0. The lowest BCUT2D eigenvalue weighted by Gasteiger charge is -2.02. The van der Waals surface area contributed by atoms with Crippen molar-refractivity contribution in [3.8, 4) is 0 Å². The molecule has 1 aromatic heterocycles. The van der Waals surface area contributed by atoms with E-state index in [0.717, 1.165) is 22.7 Å². The zero-order chi connectivity index (χ0) is 15.5. The van der Waals surface area contributed by atoms with Gasteiger partial charge in [0, 0.05) is 23.1 Å². The third-order valence-corrected chi connectivity index (χ3v) is 3.92. The second-order valence-electron chi connectivity index (χ2n) is 4.54. The van der Waals surface area contributed by atoms with Gasteiger partial charge in [-0.15, -0.1) is 0 Å². The Bertz CT molecular complexity index is 880. The van der Waals surface area contributed by atoms with Crippen LogP contribution in [0.3, 0.4) is 0 Å². The Labute approximate surface area is 130 Å². The van der Waals surface area contributed by atoms with Gasteiger partial charge in [0.1, 0.15) is 5.03 Å². The van der Waals surface area contributed by atoms with Gasteiger partial charge in [0.25, 0.3) is 5.69 Å². The van der Waals surface area contributed by atoms with Crippen molar-refractivity contribution in [3.63, 3.8) is 0 Å². The van der Waals surface area contributed by atoms with Gasteiger partial charge >= 0.3 is 0 Å². The van der Waals surface area contributed by atoms with E-state index in [1.54, 1.807) is 12.1 Å². The van der Waals surface area contributed by atoms with Crippen LogP contribution in [0.15, 0.2) is 65.7 Å². The van der Waals surface area contributed by atoms with Gasteiger partial charge in [0.2, 0.25) is 5.12 Å². The minimum absolute atomic E-state index is 0.0991. The third kappa shape index (κ3) is 2.96. The Morgan fingerprint density at radius 2 is 1.86 bits per heavy atom. The second kappa shape index (κ2) is 5.95. The van der Waals surface area contributed by atoms with E-state index in [1.165, 1.54) is 18.2 Å². The molecule has 0 unspecified atom stereocenters. The summed E-state index contributed by atoms with van der Waals surface area (Å²) in [6.45, 7) is 0. The van der Waals surface area contributed by atoms with Crippen molar-refractivity contribution in [2.24, 2.45) is 0 Å². The van der Waals surface area contributed by atoms with Gasteiger partial charge in [-0.1, -0.05) is 30.3 Å². The van der Waals surface area contributed by atoms with Crippen LogP contribution in [0.2, 0.25) is 0 Å². The average molecular weight is 310 g/mol. The molecular weight excluding hydrogens is 300 g/mol. The van der Waals surface area contributed by atoms with Gasteiger partial charge in [-0.25, -0.2) is 4.98 Å². The summed E-state index contributed by atoms with van der Waals surface area (Å²) in [6, 6.07) is 17.0. The molecule has 0 bridgehead atoms. The number of fused-ring (bicyclic) bond motifs is 1. The molecule has 3 aromatic rings. The van der Waals surface area contributed by atoms with Crippen molar-refractivity contribution in [2.75, 3.05) is 0 Å². The van der Waals surface area contributed by atoms with Crippen molar-refractivity contribution in [3.05, 3.63) is 76.3 Å². The first kappa shape index (κ1) is 14.2. The fraction of sp³-hybridized carbons (Fsp3) is 0. The quantitative estimate of drug-likeness (QED) is 0.414. The Hall–Kier alpha value is -2.73. The number of carbonyl (C=O) groups excluding carboxylic acids is 1. The molecule has 0 aliphatic rings. The first-order valence-electron chi connectivity index (χ1n) is 6.46. The number of benzene rings is 2. The van der Waals surface area contributed by atoms with Gasteiger partial charge in [-0.05, 0) is 30.0 Å². The van der Waals surface area contributed by atoms with Crippen LogP contribution in [0.1, 0.15) is 10.4 Å². The molecule has 0 amide bonds. The van der Waals surface area contributed by atoms with Gasteiger partial charge in [0.05, 0.1) is 10.4 Å². The fourth-order valence-corrected chi connectivity index (χ4v) is 2.72. The SMILES string of the molecule is O=C(Sc1ccc2ccccc2n1)c1cccc([N+](=O)[O-])c1. The third-order valence-electron chi connectivity index (χ3n) is 3.06. The minimum atomic E-state index is -0.518. The molecule has 0 atom stereocenters. The number of thioether (sulfide) groups is 1. The summed E-state index contributed by atoms with van der Waals surface area (Å²) in [6.07, 6.45) is 0. The molecule has 6 heteroatoms. The van der Waals surface area contributed by atoms with Gasteiger partial charge in [-0.3, -0.25) is 14.9 Å². The number of para-hydroxylation sites is 1. The lowest BCUT2D eigenvalue weighted by molar-refractivity contribution is -0.384. The monoisotopic (exact) mass is 310 g/mol. The van der Waals surface area contributed by atoms with Crippen LogP contribution < -0.4 is 0 Å². The van der Waals surface area contributed by atoms with Gasteiger partial charge in [-0.2, -0.15) is 0 Å². The summed E-state index contributed by atoms with van der Waals surface area (Å²) >= 11 is 0.959. The highest BCUT2D eigenvalue weighted by molar-refractivity contribution is 8.14. The Morgan fingerprint density at radius 3 is 2.68 bits per heavy atom. The van der Waals surface area contributed by atoms with E-state index >= 15 is 0 Å². The van der Waals surface area contributed by atoms with Crippen molar-refractivity contribution >= 4 is 33.5 Å². The highest BCUT2D eigenvalue weighted by Gasteiger charge is 2.13. The van der Waals surface area contributed by atoms with Crippen molar-refractivity contribution in [2.45, 2.75) is 5.03 Å². The van der Waals surface area contributed by atoms with E-state index in [-0.39, 0.29) is 16.4 Å². The first-order chi connectivity index (χ1) is 10.6. The molecule has 0 saturated carbocycles.